The van der Waals surface area contributed by atoms with Gasteiger partial charge in [0.15, 0.2) is 5.76 Å². The number of nitrogens with two attached hydrogens (primary N) is 1. The van der Waals surface area contributed by atoms with E-state index < -0.39 is 0 Å². The topological polar surface area (TPSA) is 57.0 Å². The summed E-state index contributed by atoms with van der Waals surface area (Å²) in [6.07, 6.45) is 5.67. The summed E-state index contributed by atoms with van der Waals surface area (Å²) < 4.78 is 7.45. The second-order valence-corrected chi connectivity index (χ2v) is 3.97. The van der Waals surface area contributed by atoms with E-state index in [2.05, 4.69) is 9.55 Å². The van der Waals surface area contributed by atoms with Gasteiger partial charge in [0.2, 0.25) is 0 Å². The van der Waals surface area contributed by atoms with Gasteiger partial charge in [-0.2, -0.15) is 0 Å². The smallest absolute Gasteiger partial charge is 0.153 e. The summed E-state index contributed by atoms with van der Waals surface area (Å²) >= 11 is 0. The largest absolute Gasteiger partial charge is 0.463 e. The molecule has 1 atom stereocenters. The van der Waals surface area contributed by atoms with Crippen LogP contribution in [0, 0.1) is 0 Å². The Hall–Kier alpha value is -1.55. The minimum atomic E-state index is 0.260. The first-order valence-corrected chi connectivity index (χ1v) is 5.18. The summed E-state index contributed by atoms with van der Waals surface area (Å²) in [5.41, 5.74) is 6.81. The first-order valence-electron chi connectivity index (χ1n) is 5.18. The van der Waals surface area contributed by atoms with E-state index in [-0.39, 0.29) is 6.04 Å². The van der Waals surface area contributed by atoms with Gasteiger partial charge in [-0.1, -0.05) is 0 Å². The van der Waals surface area contributed by atoms with Crippen molar-refractivity contribution < 1.29 is 4.42 Å². The molecule has 0 aliphatic carbocycles. The van der Waals surface area contributed by atoms with E-state index >= 15 is 0 Å². The van der Waals surface area contributed by atoms with Crippen LogP contribution in [0.5, 0.6) is 0 Å². The van der Waals surface area contributed by atoms with E-state index in [1.807, 2.05) is 18.3 Å². The maximum Gasteiger partial charge on any atom is 0.153 e. The average Bonchev–Trinajstić information content (AvgIpc) is 2.84. The summed E-state index contributed by atoms with van der Waals surface area (Å²) in [4.78, 5) is 4.54. The van der Waals surface area contributed by atoms with Gasteiger partial charge >= 0.3 is 0 Å². The molecule has 0 spiro atoms. The molecule has 2 aromatic heterocycles. The zero-order chi connectivity index (χ0) is 10.3. The molecule has 1 aliphatic heterocycles. The normalized spacial score (nSPS) is 20.2. The lowest BCUT2D eigenvalue weighted by atomic mass is 10.1. The Labute approximate surface area is 87.7 Å². The molecular formula is C11H13N3O. The Balaban J connectivity index is 2.00. The number of nitrogens with zero attached hydrogens (tertiary/aromatic N) is 2. The molecule has 0 amide bonds. The molecule has 78 valence electrons. The highest BCUT2D eigenvalue weighted by atomic mass is 16.3. The van der Waals surface area contributed by atoms with Crippen molar-refractivity contribution in [1.29, 1.82) is 0 Å². The fraction of sp³-hybridized carbons (Fsp3) is 0.364. The van der Waals surface area contributed by atoms with Crippen LogP contribution < -0.4 is 5.73 Å². The highest BCUT2D eigenvalue weighted by Gasteiger charge is 2.18. The first kappa shape index (κ1) is 8.73. The van der Waals surface area contributed by atoms with Crippen LogP contribution in [0.2, 0.25) is 0 Å². The lowest BCUT2D eigenvalue weighted by Gasteiger charge is -2.19. The predicted molar refractivity (Wildman–Crippen MR) is 56.2 cm³/mol. The van der Waals surface area contributed by atoms with Gasteiger partial charge in [0.05, 0.1) is 6.26 Å². The number of aromatic nitrogens is 2. The Bertz CT molecular complexity index is 458. The minimum Gasteiger partial charge on any atom is -0.463 e. The zero-order valence-corrected chi connectivity index (χ0v) is 8.39. The predicted octanol–water partition coefficient (Wildman–Crippen LogP) is 1.42. The monoisotopic (exact) mass is 203 g/mol. The molecule has 0 saturated heterocycles. The minimum absolute atomic E-state index is 0.260. The molecule has 3 heterocycles. The molecule has 0 bridgehead atoms. The van der Waals surface area contributed by atoms with E-state index in [4.69, 9.17) is 10.2 Å². The number of hydrogen-bond donors (Lipinski definition) is 1. The van der Waals surface area contributed by atoms with Crippen LogP contribution in [-0.4, -0.2) is 15.6 Å². The van der Waals surface area contributed by atoms with Gasteiger partial charge in [0.25, 0.3) is 0 Å². The van der Waals surface area contributed by atoms with Crippen molar-refractivity contribution in [3.63, 3.8) is 0 Å². The number of rotatable bonds is 1. The third-order valence-electron chi connectivity index (χ3n) is 2.80. The number of hydrogen-bond acceptors (Lipinski definition) is 3. The van der Waals surface area contributed by atoms with Crippen LogP contribution in [-0.2, 0) is 13.0 Å². The second-order valence-electron chi connectivity index (χ2n) is 3.97. The maximum atomic E-state index is 5.91. The van der Waals surface area contributed by atoms with Crippen molar-refractivity contribution in [2.24, 2.45) is 5.73 Å². The van der Waals surface area contributed by atoms with E-state index in [0.29, 0.717) is 0 Å². The molecule has 4 nitrogen and oxygen atoms in total. The SMILES string of the molecule is NC1CCc2nc(-c3ccco3)cn2C1. The van der Waals surface area contributed by atoms with E-state index in [9.17, 15) is 0 Å². The summed E-state index contributed by atoms with van der Waals surface area (Å²) in [6.45, 7) is 0.864. The van der Waals surface area contributed by atoms with Gasteiger partial charge in [-0.3, -0.25) is 0 Å². The number of imidazole rings is 1. The Kier molecular flexibility index (Phi) is 1.89. The van der Waals surface area contributed by atoms with Gasteiger partial charge in [-0.15, -0.1) is 0 Å². The molecule has 2 aromatic rings. The first-order chi connectivity index (χ1) is 7.33. The summed E-state index contributed by atoms with van der Waals surface area (Å²) in [5.74, 6) is 1.94. The van der Waals surface area contributed by atoms with Crippen molar-refractivity contribution >= 4 is 0 Å². The lowest BCUT2D eigenvalue weighted by molar-refractivity contribution is 0.453. The van der Waals surface area contributed by atoms with Crippen LogP contribution in [0.25, 0.3) is 11.5 Å². The van der Waals surface area contributed by atoms with Gasteiger partial charge in [0, 0.05) is 25.2 Å². The van der Waals surface area contributed by atoms with Crippen LogP contribution in [0.3, 0.4) is 0 Å². The van der Waals surface area contributed by atoms with Crippen molar-refractivity contribution in [2.45, 2.75) is 25.4 Å². The van der Waals surface area contributed by atoms with Crippen molar-refractivity contribution in [3.8, 4) is 11.5 Å². The maximum absolute atomic E-state index is 5.91. The number of furan rings is 1. The molecule has 0 radical (unpaired) electrons. The fourth-order valence-electron chi connectivity index (χ4n) is 2.01. The Morgan fingerprint density at radius 2 is 2.47 bits per heavy atom. The van der Waals surface area contributed by atoms with Crippen LogP contribution in [0.15, 0.2) is 29.0 Å². The Morgan fingerprint density at radius 1 is 1.53 bits per heavy atom. The van der Waals surface area contributed by atoms with Crippen molar-refractivity contribution in [3.05, 3.63) is 30.4 Å². The number of fused-ring (bicyclic) bond motifs is 1. The van der Waals surface area contributed by atoms with E-state index in [0.717, 1.165) is 36.7 Å². The lowest BCUT2D eigenvalue weighted by Crippen LogP contribution is -2.31. The highest BCUT2D eigenvalue weighted by molar-refractivity contribution is 5.51. The van der Waals surface area contributed by atoms with Crippen molar-refractivity contribution in [1.82, 2.24) is 9.55 Å². The Morgan fingerprint density at radius 3 is 3.27 bits per heavy atom. The molecule has 3 rings (SSSR count). The summed E-state index contributed by atoms with van der Waals surface area (Å²) in [7, 11) is 0. The average molecular weight is 203 g/mol. The molecular weight excluding hydrogens is 190 g/mol. The molecule has 4 heteroatoms. The molecule has 0 aromatic carbocycles. The standard InChI is InChI=1S/C11H13N3O/c12-8-3-4-11-13-9(7-14(11)6-8)10-2-1-5-15-10/h1-2,5,7-8H,3-4,6,12H2. The van der Waals surface area contributed by atoms with Crippen LogP contribution >= 0.6 is 0 Å². The van der Waals surface area contributed by atoms with E-state index in [1.54, 1.807) is 6.26 Å². The number of aryl methyl sites for hydroxylation is 1. The van der Waals surface area contributed by atoms with Crippen LogP contribution in [0.1, 0.15) is 12.2 Å². The van der Waals surface area contributed by atoms with Crippen molar-refractivity contribution in [2.75, 3.05) is 0 Å². The zero-order valence-electron chi connectivity index (χ0n) is 8.39. The van der Waals surface area contributed by atoms with Gasteiger partial charge in [0.1, 0.15) is 11.5 Å². The third-order valence-corrected chi connectivity index (χ3v) is 2.80. The van der Waals surface area contributed by atoms with E-state index in [1.165, 1.54) is 0 Å². The van der Waals surface area contributed by atoms with Gasteiger partial charge in [-0.25, -0.2) is 4.98 Å². The quantitative estimate of drug-likeness (QED) is 0.762. The van der Waals surface area contributed by atoms with Gasteiger partial charge < -0.3 is 14.7 Å². The summed E-state index contributed by atoms with van der Waals surface area (Å²) in [6, 6.07) is 4.06. The molecule has 2 N–H and O–H groups in total. The van der Waals surface area contributed by atoms with Gasteiger partial charge in [-0.05, 0) is 18.6 Å². The molecule has 0 fully saturated rings. The third kappa shape index (κ3) is 1.47. The highest BCUT2D eigenvalue weighted by Crippen LogP contribution is 2.22. The second kappa shape index (κ2) is 3.24. The molecule has 1 aliphatic rings. The molecule has 15 heavy (non-hydrogen) atoms. The molecule has 0 saturated carbocycles. The molecule has 1 unspecified atom stereocenters. The fourth-order valence-corrected chi connectivity index (χ4v) is 2.01. The summed E-state index contributed by atoms with van der Waals surface area (Å²) in [5, 5.41) is 0. The van der Waals surface area contributed by atoms with Crippen LogP contribution in [0.4, 0.5) is 0 Å².